The number of aromatic amines is 1. The Morgan fingerprint density at radius 1 is 1.53 bits per heavy atom. The number of aromatic nitrogens is 4. The fourth-order valence-electron chi connectivity index (χ4n) is 1.62. The molecule has 0 aliphatic carbocycles. The van der Waals surface area contributed by atoms with Crippen molar-refractivity contribution in [2.45, 2.75) is 19.8 Å². The second kappa shape index (κ2) is 3.66. The van der Waals surface area contributed by atoms with E-state index in [0.717, 1.165) is 18.5 Å². The minimum atomic E-state index is -0.248. The van der Waals surface area contributed by atoms with Gasteiger partial charge in [0.2, 0.25) is 5.28 Å². The first-order chi connectivity index (χ1) is 7.13. The van der Waals surface area contributed by atoms with E-state index in [1.807, 2.05) is 0 Å². The molecule has 5 nitrogen and oxygen atoms in total. The Hall–Kier alpha value is -1.36. The summed E-state index contributed by atoms with van der Waals surface area (Å²) in [5, 5.41) is 4.37. The molecular weight excluding hydrogens is 216 g/mol. The number of hydrogen-bond donors (Lipinski definition) is 1. The standard InChI is InChI=1S/C9H11ClN4O/c1-3-4-5-6-7(14(2)13-5)8(15)12-9(10)11-6/h3-4H2,1-2H3,(H,11,12,15). The van der Waals surface area contributed by atoms with E-state index in [4.69, 9.17) is 11.6 Å². The summed E-state index contributed by atoms with van der Waals surface area (Å²) in [6, 6.07) is 0. The van der Waals surface area contributed by atoms with Crippen LogP contribution in [0.25, 0.3) is 11.0 Å². The van der Waals surface area contributed by atoms with Gasteiger partial charge in [0.25, 0.3) is 5.56 Å². The van der Waals surface area contributed by atoms with Crippen LogP contribution in [0.5, 0.6) is 0 Å². The largest absolute Gasteiger partial charge is 0.295 e. The Labute approximate surface area is 91.1 Å². The summed E-state index contributed by atoms with van der Waals surface area (Å²) in [5.74, 6) is 0. The maximum Gasteiger partial charge on any atom is 0.278 e. The summed E-state index contributed by atoms with van der Waals surface area (Å²) in [4.78, 5) is 18.1. The first-order valence-corrected chi connectivity index (χ1v) is 5.12. The van der Waals surface area contributed by atoms with Crippen molar-refractivity contribution in [3.05, 3.63) is 21.3 Å². The third kappa shape index (κ3) is 1.63. The molecule has 0 saturated carbocycles. The van der Waals surface area contributed by atoms with Gasteiger partial charge in [0.1, 0.15) is 5.52 Å². The lowest BCUT2D eigenvalue weighted by Gasteiger charge is -1.93. The Bertz CT molecular complexity index is 557. The average molecular weight is 227 g/mol. The Kier molecular flexibility index (Phi) is 2.48. The zero-order chi connectivity index (χ0) is 11.0. The molecule has 6 heteroatoms. The van der Waals surface area contributed by atoms with E-state index in [9.17, 15) is 4.79 Å². The number of halogens is 1. The van der Waals surface area contributed by atoms with Crippen LogP contribution < -0.4 is 5.56 Å². The van der Waals surface area contributed by atoms with Crippen molar-refractivity contribution < 1.29 is 0 Å². The zero-order valence-electron chi connectivity index (χ0n) is 8.54. The SMILES string of the molecule is CCCc1nn(C)c2c(=O)[nH]c(Cl)nc12. The Morgan fingerprint density at radius 2 is 2.27 bits per heavy atom. The van der Waals surface area contributed by atoms with Gasteiger partial charge in [-0.2, -0.15) is 5.10 Å². The van der Waals surface area contributed by atoms with Crippen molar-refractivity contribution in [2.24, 2.45) is 7.05 Å². The number of hydrogen-bond acceptors (Lipinski definition) is 3. The normalized spacial score (nSPS) is 11.1. The second-order valence-electron chi connectivity index (χ2n) is 3.37. The van der Waals surface area contributed by atoms with Crippen molar-refractivity contribution in [2.75, 3.05) is 0 Å². The summed E-state index contributed by atoms with van der Waals surface area (Å²) in [7, 11) is 1.73. The van der Waals surface area contributed by atoms with Gasteiger partial charge in [-0.05, 0) is 18.0 Å². The quantitative estimate of drug-likeness (QED) is 0.785. The summed E-state index contributed by atoms with van der Waals surface area (Å²) >= 11 is 5.70. The van der Waals surface area contributed by atoms with E-state index in [1.54, 1.807) is 11.7 Å². The zero-order valence-corrected chi connectivity index (χ0v) is 9.30. The smallest absolute Gasteiger partial charge is 0.278 e. The first kappa shape index (κ1) is 10.2. The lowest BCUT2D eigenvalue weighted by Crippen LogP contribution is -2.10. The van der Waals surface area contributed by atoms with Gasteiger partial charge in [-0.25, -0.2) is 4.98 Å². The monoisotopic (exact) mass is 226 g/mol. The highest BCUT2D eigenvalue weighted by Gasteiger charge is 2.13. The fourth-order valence-corrected chi connectivity index (χ4v) is 1.79. The van der Waals surface area contributed by atoms with Crippen molar-refractivity contribution >= 4 is 22.6 Å². The number of fused-ring (bicyclic) bond motifs is 1. The molecule has 0 aromatic carbocycles. The van der Waals surface area contributed by atoms with Crippen molar-refractivity contribution in [1.82, 2.24) is 19.7 Å². The molecule has 80 valence electrons. The highest BCUT2D eigenvalue weighted by molar-refractivity contribution is 6.28. The molecule has 0 bridgehead atoms. The lowest BCUT2D eigenvalue weighted by atomic mass is 10.2. The van der Waals surface area contributed by atoms with E-state index in [1.165, 1.54) is 0 Å². The summed E-state index contributed by atoms with van der Waals surface area (Å²) in [5.41, 5.74) is 1.65. The van der Waals surface area contributed by atoms with E-state index in [-0.39, 0.29) is 10.8 Å². The molecule has 0 fully saturated rings. The molecule has 2 aromatic heterocycles. The molecule has 0 unspecified atom stereocenters. The molecular formula is C9H11ClN4O. The van der Waals surface area contributed by atoms with Gasteiger partial charge in [-0.3, -0.25) is 14.5 Å². The number of nitrogens with zero attached hydrogens (tertiary/aromatic N) is 3. The maximum absolute atomic E-state index is 11.6. The summed E-state index contributed by atoms with van der Waals surface area (Å²) in [6.45, 7) is 2.05. The number of rotatable bonds is 2. The van der Waals surface area contributed by atoms with Crippen LogP contribution in [0.4, 0.5) is 0 Å². The highest BCUT2D eigenvalue weighted by atomic mass is 35.5. The van der Waals surface area contributed by atoms with Gasteiger partial charge in [0, 0.05) is 7.05 Å². The van der Waals surface area contributed by atoms with Crippen molar-refractivity contribution in [1.29, 1.82) is 0 Å². The predicted molar refractivity (Wildman–Crippen MR) is 58.1 cm³/mol. The lowest BCUT2D eigenvalue weighted by molar-refractivity contribution is 0.751. The molecule has 0 spiro atoms. The molecule has 0 aliphatic heterocycles. The third-order valence-corrected chi connectivity index (χ3v) is 2.40. The third-order valence-electron chi connectivity index (χ3n) is 2.22. The van der Waals surface area contributed by atoms with Crippen molar-refractivity contribution in [3.63, 3.8) is 0 Å². The fraction of sp³-hybridized carbons (Fsp3) is 0.444. The number of H-pyrrole nitrogens is 1. The van der Waals surface area contributed by atoms with Gasteiger partial charge in [-0.15, -0.1) is 0 Å². The van der Waals surface area contributed by atoms with E-state index in [0.29, 0.717) is 11.0 Å². The summed E-state index contributed by atoms with van der Waals surface area (Å²) in [6.07, 6.45) is 1.75. The van der Waals surface area contributed by atoms with Gasteiger partial charge in [-0.1, -0.05) is 13.3 Å². The predicted octanol–water partition coefficient (Wildman–Crippen LogP) is 1.26. The van der Waals surface area contributed by atoms with Crippen LogP contribution >= 0.6 is 11.6 Å². The molecule has 2 heterocycles. The second-order valence-corrected chi connectivity index (χ2v) is 3.73. The number of nitrogens with one attached hydrogen (secondary N) is 1. The Balaban J connectivity index is 2.81. The minimum absolute atomic E-state index is 0.109. The van der Waals surface area contributed by atoms with Gasteiger partial charge in [0.05, 0.1) is 5.69 Å². The van der Waals surface area contributed by atoms with Crippen LogP contribution in [-0.4, -0.2) is 19.7 Å². The molecule has 15 heavy (non-hydrogen) atoms. The molecule has 1 N–H and O–H groups in total. The topological polar surface area (TPSA) is 63.6 Å². The molecule has 2 rings (SSSR count). The van der Waals surface area contributed by atoms with E-state index in [2.05, 4.69) is 22.0 Å². The highest BCUT2D eigenvalue weighted by Crippen LogP contribution is 2.14. The van der Waals surface area contributed by atoms with Crippen molar-refractivity contribution in [3.8, 4) is 0 Å². The van der Waals surface area contributed by atoms with Gasteiger partial charge in [0.15, 0.2) is 5.52 Å². The Morgan fingerprint density at radius 3 is 2.93 bits per heavy atom. The maximum atomic E-state index is 11.6. The molecule has 2 aromatic rings. The van der Waals surface area contributed by atoms with Crippen LogP contribution in [-0.2, 0) is 13.5 Å². The van der Waals surface area contributed by atoms with Crippen LogP contribution in [0.1, 0.15) is 19.0 Å². The molecule has 0 amide bonds. The summed E-state index contributed by atoms with van der Waals surface area (Å²) < 4.78 is 1.54. The van der Waals surface area contributed by atoms with Gasteiger partial charge < -0.3 is 0 Å². The van der Waals surface area contributed by atoms with E-state index >= 15 is 0 Å². The number of aryl methyl sites for hydroxylation is 2. The van der Waals surface area contributed by atoms with Crippen LogP contribution in [0, 0.1) is 0 Å². The van der Waals surface area contributed by atoms with Gasteiger partial charge >= 0.3 is 0 Å². The molecule has 0 radical (unpaired) electrons. The van der Waals surface area contributed by atoms with Crippen LogP contribution in [0.3, 0.4) is 0 Å². The molecule has 0 atom stereocenters. The minimum Gasteiger partial charge on any atom is -0.295 e. The van der Waals surface area contributed by atoms with Crippen LogP contribution in [0.2, 0.25) is 5.28 Å². The molecule has 0 saturated heterocycles. The van der Waals surface area contributed by atoms with E-state index < -0.39 is 0 Å². The first-order valence-electron chi connectivity index (χ1n) is 4.75. The average Bonchev–Trinajstić information content (AvgIpc) is 2.43. The van der Waals surface area contributed by atoms with Crippen LogP contribution in [0.15, 0.2) is 4.79 Å². The molecule has 0 aliphatic rings.